The first-order chi connectivity index (χ1) is 15.3. The van der Waals surface area contributed by atoms with Gasteiger partial charge in [0.1, 0.15) is 11.6 Å². The summed E-state index contributed by atoms with van der Waals surface area (Å²) in [6, 6.07) is 15.9. The Hall–Kier alpha value is -2.32. The van der Waals surface area contributed by atoms with Crippen molar-refractivity contribution in [2.45, 2.75) is 55.1 Å². The van der Waals surface area contributed by atoms with Gasteiger partial charge in [-0.2, -0.15) is 0 Å². The Morgan fingerprint density at radius 1 is 0.818 bits per heavy atom. The van der Waals surface area contributed by atoms with E-state index in [4.69, 9.17) is 0 Å². The molecule has 5 rings (SSSR count). The summed E-state index contributed by atoms with van der Waals surface area (Å²) in [5.74, 6) is -0.853. The third-order valence-corrected chi connectivity index (χ3v) is 12.0. The lowest BCUT2D eigenvalue weighted by molar-refractivity contribution is -0.175. The summed E-state index contributed by atoms with van der Waals surface area (Å²) in [6.07, 6.45) is -0.362. The van der Waals surface area contributed by atoms with E-state index in [9.17, 15) is 26.4 Å². The average molecular weight is 489 g/mol. The minimum absolute atomic E-state index is 0.0669. The van der Waals surface area contributed by atoms with Crippen LogP contribution in [0.5, 0.6) is 0 Å². The van der Waals surface area contributed by atoms with Crippen LogP contribution >= 0.6 is 0 Å². The quantitative estimate of drug-likeness (QED) is 0.615. The van der Waals surface area contributed by atoms with Crippen molar-refractivity contribution in [2.24, 2.45) is 16.2 Å². The van der Waals surface area contributed by atoms with Crippen molar-refractivity contribution in [3.05, 3.63) is 60.7 Å². The largest absolute Gasteiger partial charge is 0.299 e. The van der Waals surface area contributed by atoms with Gasteiger partial charge in [0.2, 0.25) is 0 Å². The van der Waals surface area contributed by atoms with Gasteiger partial charge in [-0.3, -0.25) is 9.59 Å². The molecule has 3 aliphatic rings. The van der Waals surface area contributed by atoms with E-state index in [0.29, 0.717) is 0 Å². The molecule has 0 heterocycles. The first kappa shape index (κ1) is 23.8. The monoisotopic (exact) mass is 488 g/mol. The number of carbonyl (C=O) groups is 2. The predicted molar refractivity (Wildman–Crippen MR) is 124 cm³/mol. The lowest BCUT2D eigenvalue weighted by Crippen LogP contribution is -2.70. The van der Waals surface area contributed by atoms with E-state index < -0.39 is 41.2 Å². The molecule has 0 radical (unpaired) electrons. The fourth-order valence-corrected chi connectivity index (χ4v) is 9.54. The molecule has 33 heavy (non-hydrogen) atoms. The zero-order valence-electron chi connectivity index (χ0n) is 18.9. The maximum Gasteiger partial charge on any atom is 0.182 e. The van der Waals surface area contributed by atoms with Crippen LogP contribution in [0.15, 0.2) is 70.5 Å². The number of sulfone groups is 2. The second kappa shape index (κ2) is 7.60. The maximum absolute atomic E-state index is 13.7. The van der Waals surface area contributed by atoms with Crippen LogP contribution in [0, 0.1) is 16.2 Å². The molecule has 0 aliphatic heterocycles. The summed E-state index contributed by atoms with van der Waals surface area (Å²) >= 11 is 0. The smallest absolute Gasteiger partial charge is 0.182 e. The molecule has 176 valence electrons. The first-order valence-corrected chi connectivity index (χ1v) is 14.1. The second-order valence-corrected chi connectivity index (χ2v) is 14.2. The Bertz CT molecular complexity index is 1310. The molecule has 0 saturated heterocycles. The highest BCUT2D eigenvalue weighted by Crippen LogP contribution is 2.64. The van der Waals surface area contributed by atoms with Crippen LogP contribution in [0.25, 0.3) is 0 Å². The van der Waals surface area contributed by atoms with Crippen molar-refractivity contribution >= 4 is 31.2 Å². The SMILES string of the molecule is CC1(C)C(=O)[C@@]2(C)CC(=O)[C@]1(CCS(=O)(=O)c1ccccc1)C[C@@H]2S(=O)(=O)c1ccccc1. The van der Waals surface area contributed by atoms with Crippen molar-refractivity contribution in [3.8, 4) is 0 Å². The van der Waals surface area contributed by atoms with E-state index in [1.807, 2.05) is 0 Å². The molecule has 8 heteroatoms. The van der Waals surface area contributed by atoms with Crippen molar-refractivity contribution in [3.63, 3.8) is 0 Å². The van der Waals surface area contributed by atoms with Crippen molar-refractivity contribution < 1.29 is 26.4 Å². The highest BCUT2D eigenvalue weighted by atomic mass is 32.2. The lowest BCUT2D eigenvalue weighted by Gasteiger charge is -2.61. The fraction of sp³-hybridized carbons (Fsp3) is 0.440. The standard InChI is InChI=1S/C25H28O6S2/c1-23(2)22(27)24(3)16-20(26)25(23,14-15-32(28,29)18-10-6-4-7-11-18)17-21(24)33(30,31)19-12-8-5-9-13-19/h4-13,21H,14-17H2,1-3H3/t21-,24-,25-/m0/s1. The van der Waals surface area contributed by atoms with Crippen molar-refractivity contribution in [1.29, 1.82) is 0 Å². The van der Waals surface area contributed by atoms with Gasteiger partial charge >= 0.3 is 0 Å². The summed E-state index contributed by atoms with van der Waals surface area (Å²) in [7, 11) is -7.64. The molecule has 3 saturated carbocycles. The molecule has 6 nitrogen and oxygen atoms in total. The van der Waals surface area contributed by atoms with Crippen LogP contribution < -0.4 is 0 Å². The summed E-state index contributed by atoms with van der Waals surface area (Å²) in [5, 5.41) is -1.09. The Balaban J connectivity index is 1.78. The van der Waals surface area contributed by atoms with Crippen LogP contribution in [-0.2, 0) is 29.3 Å². The maximum atomic E-state index is 13.7. The summed E-state index contributed by atoms with van der Waals surface area (Å²) in [5.41, 5.74) is -3.89. The van der Waals surface area contributed by atoms with E-state index in [1.54, 1.807) is 57.2 Å². The summed E-state index contributed by atoms with van der Waals surface area (Å²) in [4.78, 5) is 27.4. The van der Waals surface area contributed by atoms with E-state index in [2.05, 4.69) is 0 Å². The number of benzene rings is 2. The Morgan fingerprint density at radius 3 is 1.88 bits per heavy atom. The van der Waals surface area contributed by atoms with Crippen LogP contribution in [0.3, 0.4) is 0 Å². The highest BCUT2D eigenvalue weighted by molar-refractivity contribution is 7.92. The molecular weight excluding hydrogens is 460 g/mol. The van der Waals surface area contributed by atoms with Gasteiger partial charge in [0.15, 0.2) is 19.7 Å². The first-order valence-electron chi connectivity index (χ1n) is 10.9. The third kappa shape index (κ3) is 3.41. The normalized spacial score (nSPS) is 29.2. The molecule has 3 aliphatic carbocycles. The van der Waals surface area contributed by atoms with Gasteiger partial charge < -0.3 is 0 Å². The number of carbonyl (C=O) groups excluding carboxylic acids is 2. The Morgan fingerprint density at radius 2 is 1.33 bits per heavy atom. The van der Waals surface area contributed by atoms with Crippen molar-refractivity contribution in [1.82, 2.24) is 0 Å². The summed E-state index contributed by atoms with van der Waals surface area (Å²) < 4.78 is 53.2. The van der Waals surface area contributed by atoms with Crippen LogP contribution in [0.1, 0.15) is 40.0 Å². The highest BCUT2D eigenvalue weighted by Gasteiger charge is 2.72. The minimum atomic E-state index is -3.92. The molecule has 0 spiro atoms. The van der Waals surface area contributed by atoms with Gasteiger partial charge in [0, 0.05) is 17.3 Å². The van der Waals surface area contributed by atoms with E-state index >= 15 is 0 Å². The molecule has 2 aromatic rings. The number of ketones is 2. The van der Waals surface area contributed by atoms with Gasteiger partial charge in [-0.15, -0.1) is 0 Å². The molecule has 0 amide bonds. The number of fused-ring (bicyclic) bond motifs is 3. The zero-order chi connectivity index (χ0) is 24.3. The number of rotatable bonds is 6. The third-order valence-electron chi connectivity index (χ3n) is 7.93. The zero-order valence-corrected chi connectivity index (χ0v) is 20.6. The van der Waals surface area contributed by atoms with Gasteiger partial charge in [0.25, 0.3) is 0 Å². The number of Topliss-reactive ketones (excluding diaryl/α,β-unsaturated/α-hetero) is 2. The fourth-order valence-electron chi connectivity index (χ4n) is 5.87. The van der Waals surface area contributed by atoms with E-state index in [0.717, 1.165) is 0 Å². The molecule has 0 aromatic heterocycles. The topological polar surface area (TPSA) is 102 Å². The Kier molecular flexibility index (Phi) is 5.49. The molecule has 0 N–H and O–H groups in total. The van der Waals surface area contributed by atoms with Crippen LogP contribution in [-0.4, -0.2) is 39.4 Å². The van der Waals surface area contributed by atoms with E-state index in [-0.39, 0.29) is 46.4 Å². The van der Waals surface area contributed by atoms with Gasteiger partial charge in [-0.1, -0.05) is 57.2 Å². The van der Waals surface area contributed by atoms with Crippen LogP contribution in [0.4, 0.5) is 0 Å². The van der Waals surface area contributed by atoms with Gasteiger partial charge in [-0.05, 0) is 37.1 Å². The van der Waals surface area contributed by atoms with Crippen LogP contribution in [0.2, 0.25) is 0 Å². The average Bonchev–Trinajstić information content (AvgIpc) is 2.78. The molecule has 3 atom stereocenters. The molecule has 0 unspecified atom stereocenters. The molecular formula is C25H28O6S2. The number of hydrogen-bond acceptors (Lipinski definition) is 6. The van der Waals surface area contributed by atoms with Crippen molar-refractivity contribution in [2.75, 3.05) is 5.75 Å². The molecule has 3 fully saturated rings. The molecule has 2 bridgehead atoms. The summed E-state index contributed by atoms with van der Waals surface area (Å²) in [6.45, 7) is 4.89. The Labute approximate surface area is 195 Å². The van der Waals surface area contributed by atoms with E-state index in [1.165, 1.54) is 24.3 Å². The lowest BCUT2D eigenvalue weighted by atomic mass is 9.42. The predicted octanol–water partition coefficient (Wildman–Crippen LogP) is 3.66. The van der Waals surface area contributed by atoms with Gasteiger partial charge in [-0.25, -0.2) is 16.8 Å². The second-order valence-electron chi connectivity index (χ2n) is 9.99. The van der Waals surface area contributed by atoms with Gasteiger partial charge in [0.05, 0.1) is 26.2 Å². The minimum Gasteiger partial charge on any atom is -0.299 e. The molecule has 2 aromatic carbocycles. The number of hydrogen-bond donors (Lipinski definition) is 0.